The molecule has 0 spiro atoms. The number of sulfonamides is 1. The van der Waals surface area contributed by atoms with Gasteiger partial charge in [0.2, 0.25) is 15.8 Å². The average molecular weight is 425 g/mol. The molecular weight excluding hydrogens is 409 g/mol. The third-order valence-electron chi connectivity index (χ3n) is 4.63. The van der Waals surface area contributed by atoms with Crippen LogP contribution in [0.3, 0.4) is 0 Å². The molecule has 1 saturated heterocycles. The van der Waals surface area contributed by atoms with Crippen LogP contribution in [0.25, 0.3) is 4.96 Å². The second-order valence-electron chi connectivity index (χ2n) is 6.41. The first kappa shape index (κ1) is 18.8. The van der Waals surface area contributed by atoms with Gasteiger partial charge in [-0.05, 0) is 42.0 Å². The molecule has 1 fully saturated rings. The Labute approximate surface area is 163 Å². The van der Waals surface area contributed by atoms with Crippen LogP contribution < -0.4 is 9.62 Å². The number of halogens is 1. The number of fused-ring (bicyclic) bond motifs is 1. The zero-order valence-corrected chi connectivity index (χ0v) is 16.1. The number of nitro groups is 1. The molecule has 0 bridgehead atoms. The van der Waals surface area contributed by atoms with E-state index in [9.17, 15) is 22.9 Å². The fraction of sp³-hybridized carbons (Fsp3) is 0.312. The number of hydrogen-bond acceptors (Lipinski definition) is 7. The summed E-state index contributed by atoms with van der Waals surface area (Å²) in [5.74, 6) is -0.285. The molecule has 28 heavy (non-hydrogen) atoms. The molecule has 0 aliphatic carbocycles. The Morgan fingerprint density at radius 3 is 2.57 bits per heavy atom. The van der Waals surface area contributed by atoms with Crippen LogP contribution in [0.4, 0.5) is 16.0 Å². The van der Waals surface area contributed by atoms with Crippen molar-refractivity contribution < 1.29 is 17.7 Å². The summed E-state index contributed by atoms with van der Waals surface area (Å²) in [4.78, 5) is 17.7. The third-order valence-corrected chi connectivity index (χ3v) is 6.93. The van der Waals surface area contributed by atoms with Crippen molar-refractivity contribution in [1.29, 1.82) is 0 Å². The van der Waals surface area contributed by atoms with E-state index in [4.69, 9.17) is 0 Å². The van der Waals surface area contributed by atoms with Crippen molar-refractivity contribution in [2.45, 2.75) is 23.8 Å². The predicted molar refractivity (Wildman–Crippen MR) is 102 cm³/mol. The number of thiazole rings is 1. The number of imidazole rings is 1. The fourth-order valence-electron chi connectivity index (χ4n) is 3.25. The fourth-order valence-corrected chi connectivity index (χ4v) is 5.26. The number of nitrogens with zero attached hydrogens (tertiary/aromatic N) is 4. The number of benzene rings is 1. The van der Waals surface area contributed by atoms with Gasteiger partial charge in [-0.2, -0.15) is 9.38 Å². The first-order valence-corrected chi connectivity index (χ1v) is 10.8. The molecule has 0 radical (unpaired) electrons. The molecule has 3 aromatic rings. The monoisotopic (exact) mass is 425 g/mol. The number of hydrogen-bond donors (Lipinski definition) is 1. The standard InChI is InChI=1S/C16H16FN5O4S2/c17-11-1-3-13(4-2-11)28(25,26)19-12-5-7-20(8-6-12)14-15(22(23)24)21-9-10-27-16(21)18-14/h1-4,9-10,12,19H,5-8H2. The molecule has 4 rings (SSSR count). The minimum Gasteiger partial charge on any atom is -0.358 e. The molecule has 2 aromatic heterocycles. The number of aromatic nitrogens is 2. The van der Waals surface area contributed by atoms with Crippen molar-refractivity contribution in [2.24, 2.45) is 0 Å². The molecule has 3 heterocycles. The maximum Gasteiger partial charge on any atom is 0.373 e. The van der Waals surface area contributed by atoms with E-state index in [0.717, 1.165) is 12.1 Å². The van der Waals surface area contributed by atoms with E-state index in [2.05, 4.69) is 9.71 Å². The SMILES string of the molecule is O=[N+]([O-])c1c(N2CCC(NS(=O)(=O)c3ccc(F)cc3)CC2)nc2sccn12. The highest BCUT2D eigenvalue weighted by Crippen LogP contribution is 2.32. The van der Waals surface area contributed by atoms with Crippen LogP contribution in [0, 0.1) is 15.9 Å². The highest BCUT2D eigenvalue weighted by atomic mass is 32.2. The van der Waals surface area contributed by atoms with E-state index >= 15 is 0 Å². The van der Waals surface area contributed by atoms with Crippen molar-refractivity contribution >= 4 is 38.0 Å². The van der Waals surface area contributed by atoms with E-state index < -0.39 is 20.8 Å². The van der Waals surface area contributed by atoms with E-state index in [1.807, 2.05) is 0 Å². The van der Waals surface area contributed by atoms with Gasteiger partial charge in [-0.3, -0.25) is 0 Å². The van der Waals surface area contributed by atoms with E-state index in [-0.39, 0.29) is 16.8 Å². The van der Waals surface area contributed by atoms with Crippen LogP contribution in [0.1, 0.15) is 12.8 Å². The Bertz CT molecular complexity index is 1120. The van der Waals surface area contributed by atoms with Gasteiger partial charge in [0.1, 0.15) is 12.0 Å². The minimum atomic E-state index is -3.75. The molecule has 1 aromatic carbocycles. The van der Waals surface area contributed by atoms with Crippen molar-refractivity contribution in [3.05, 3.63) is 51.8 Å². The average Bonchev–Trinajstić information content (AvgIpc) is 3.23. The Balaban J connectivity index is 1.47. The molecule has 148 valence electrons. The van der Waals surface area contributed by atoms with Crippen LogP contribution >= 0.6 is 11.3 Å². The summed E-state index contributed by atoms with van der Waals surface area (Å²) in [5.41, 5.74) is 0. The summed E-state index contributed by atoms with van der Waals surface area (Å²) >= 11 is 1.31. The normalized spacial score (nSPS) is 16.0. The maximum absolute atomic E-state index is 13.0. The molecule has 1 aliphatic heterocycles. The van der Waals surface area contributed by atoms with Gasteiger partial charge < -0.3 is 15.0 Å². The Kier molecular flexibility index (Phi) is 4.77. The lowest BCUT2D eigenvalue weighted by Crippen LogP contribution is -2.44. The zero-order chi connectivity index (χ0) is 19.9. The van der Waals surface area contributed by atoms with Crippen LogP contribution in [0.15, 0.2) is 40.7 Å². The summed E-state index contributed by atoms with van der Waals surface area (Å²) in [6.45, 7) is 0.866. The quantitative estimate of drug-likeness (QED) is 0.497. The third kappa shape index (κ3) is 3.45. The zero-order valence-electron chi connectivity index (χ0n) is 14.5. The molecule has 0 amide bonds. The molecule has 0 unspecified atom stereocenters. The summed E-state index contributed by atoms with van der Waals surface area (Å²) in [6, 6.07) is 4.32. The largest absolute Gasteiger partial charge is 0.373 e. The number of anilines is 1. The van der Waals surface area contributed by atoms with Gasteiger partial charge in [0.25, 0.3) is 4.96 Å². The maximum atomic E-state index is 13.0. The molecule has 1 N–H and O–H groups in total. The molecule has 12 heteroatoms. The van der Waals surface area contributed by atoms with Gasteiger partial charge >= 0.3 is 5.82 Å². The minimum absolute atomic E-state index is 0.00121. The summed E-state index contributed by atoms with van der Waals surface area (Å²) in [5, 5.41) is 13.2. The van der Waals surface area contributed by atoms with Gasteiger partial charge in [-0.15, -0.1) is 0 Å². The van der Waals surface area contributed by atoms with Gasteiger partial charge in [0.05, 0.1) is 4.90 Å². The van der Waals surface area contributed by atoms with E-state index in [1.165, 1.54) is 27.9 Å². The summed E-state index contributed by atoms with van der Waals surface area (Å²) in [6.07, 6.45) is 2.56. The molecule has 0 saturated carbocycles. The van der Waals surface area contributed by atoms with Crippen LogP contribution in [-0.4, -0.2) is 41.9 Å². The number of rotatable bonds is 5. The summed E-state index contributed by atoms with van der Waals surface area (Å²) in [7, 11) is -3.75. The number of piperidine rings is 1. The lowest BCUT2D eigenvalue weighted by atomic mass is 10.1. The van der Waals surface area contributed by atoms with Crippen LogP contribution in [0.2, 0.25) is 0 Å². The van der Waals surface area contributed by atoms with Crippen molar-refractivity contribution in [1.82, 2.24) is 14.1 Å². The van der Waals surface area contributed by atoms with Crippen molar-refractivity contribution in [2.75, 3.05) is 18.0 Å². The van der Waals surface area contributed by atoms with E-state index in [1.54, 1.807) is 16.5 Å². The van der Waals surface area contributed by atoms with Gasteiger partial charge in [-0.1, -0.05) is 11.3 Å². The second kappa shape index (κ2) is 7.11. The predicted octanol–water partition coefficient (Wildman–Crippen LogP) is 2.39. The van der Waals surface area contributed by atoms with E-state index in [0.29, 0.717) is 36.7 Å². The topological polar surface area (TPSA) is 110 Å². The molecule has 9 nitrogen and oxygen atoms in total. The van der Waals surface area contributed by atoms with Gasteiger partial charge in [-0.25, -0.2) is 17.5 Å². The van der Waals surface area contributed by atoms with Crippen LogP contribution in [-0.2, 0) is 10.0 Å². The smallest absolute Gasteiger partial charge is 0.358 e. The highest BCUT2D eigenvalue weighted by molar-refractivity contribution is 7.89. The Morgan fingerprint density at radius 2 is 1.93 bits per heavy atom. The van der Waals surface area contributed by atoms with Crippen LogP contribution in [0.5, 0.6) is 0 Å². The lowest BCUT2D eigenvalue weighted by Gasteiger charge is -2.31. The molecule has 0 atom stereocenters. The van der Waals surface area contributed by atoms with Gasteiger partial charge in [0.15, 0.2) is 0 Å². The highest BCUT2D eigenvalue weighted by Gasteiger charge is 2.31. The van der Waals surface area contributed by atoms with Crippen molar-refractivity contribution in [3.63, 3.8) is 0 Å². The second-order valence-corrected chi connectivity index (χ2v) is 9.00. The molecular formula is C16H16FN5O4S2. The Morgan fingerprint density at radius 1 is 1.25 bits per heavy atom. The Hall–Kier alpha value is -2.57. The summed E-state index contributed by atoms with van der Waals surface area (Å²) < 4.78 is 42.0. The molecule has 1 aliphatic rings. The lowest BCUT2D eigenvalue weighted by molar-refractivity contribution is -0.389. The first-order valence-electron chi connectivity index (χ1n) is 8.48. The van der Waals surface area contributed by atoms with Gasteiger partial charge in [0, 0.05) is 24.5 Å². The number of nitrogens with one attached hydrogen (secondary N) is 1. The first-order chi connectivity index (χ1) is 13.3. The van der Waals surface area contributed by atoms with Crippen molar-refractivity contribution in [3.8, 4) is 0 Å².